The van der Waals surface area contributed by atoms with E-state index in [2.05, 4.69) is 10.3 Å². The molecule has 150 valence electrons. The third-order valence-corrected chi connectivity index (χ3v) is 5.16. The average Bonchev–Trinajstić information content (AvgIpc) is 3.25. The number of nitrogens with one attached hydrogen (secondary N) is 1. The fraction of sp³-hybridized carbons (Fsp3) is 0.0435. The molecule has 0 spiro atoms. The standard InChI is InChI=1S/C23H16F2N2O2S/c24-16-11-9-15(10-12-16)13-29-21-8-4-1-5-17(21)23-27-20(14-30-23)22(28)26-19-7-3-2-6-18(19)25/h1-12,14H,13H2,(H,26,28). The second-order valence-electron chi connectivity index (χ2n) is 6.38. The average molecular weight is 422 g/mol. The Kier molecular flexibility index (Phi) is 5.81. The van der Waals surface area contributed by atoms with Crippen molar-refractivity contribution in [1.29, 1.82) is 0 Å². The molecule has 1 amide bonds. The number of hydrogen-bond donors (Lipinski definition) is 1. The maximum Gasteiger partial charge on any atom is 0.275 e. The molecule has 0 aliphatic rings. The predicted molar refractivity (Wildman–Crippen MR) is 113 cm³/mol. The number of nitrogens with zero attached hydrogens (tertiary/aromatic N) is 1. The van der Waals surface area contributed by atoms with Crippen LogP contribution < -0.4 is 10.1 Å². The molecule has 1 heterocycles. The Morgan fingerprint density at radius 2 is 1.70 bits per heavy atom. The lowest BCUT2D eigenvalue weighted by molar-refractivity contribution is 0.102. The molecule has 4 rings (SSSR count). The first-order chi connectivity index (χ1) is 14.6. The molecule has 0 aliphatic heterocycles. The summed E-state index contributed by atoms with van der Waals surface area (Å²) in [6.45, 7) is 0.267. The normalized spacial score (nSPS) is 10.6. The maximum atomic E-state index is 13.8. The van der Waals surface area contributed by atoms with E-state index in [0.717, 1.165) is 11.1 Å². The molecule has 0 aliphatic carbocycles. The first kappa shape index (κ1) is 19.7. The Morgan fingerprint density at radius 3 is 2.50 bits per heavy atom. The van der Waals surface area contributed by atoms with Gasteiger partial charge in [-0.15, -0.1) is 11.3 Å². The lowest BCUT2D eigenvalue weighted by Gasteiger charge is -2.10. The van der Waals surface area contributed by atoms with E-state index in [9.17, 15) is 13.6 Å². The summed E-state index contributed by atoms with van der Waals surface area (Å²) in [5.74, 6) is -0.714. The van der Waals surface area contributed by atoms with Gasteiger partial charge in [-0.1, -0.05) is 36.4 Å². The van der Waals surface area contributed by atoms with Crippen molar-refractivity contribution in [2.75, 3.05) is 5.32 Å². The van der Waals surface area contributed by atoms with Gasteiger partial charge in [0.1, 0.15) is 34.7 Å². The minimum absolute atomic E-state index is 0.0973. The number of carbonyl (C=O) groups is 1. The lowest BCUT2D eigenvalue weighted by atomic mass is 10.2. The third kappa shape index (κ3) is 4.52. The van der Waals surface area contributed by atoms with Gasteiger partial charge in [0.05, 0.1) is 11.3 Å². The Morgan fingerprint density at radius 1 is 0.967 bits per heavy atom. The van der Waals surface area contributed by atoms with Crippen LogP contribution in [0.1, 0.15) is 16.1 Å². The highest BCUT2D eigenvalue weighted by atomic mass is 32.1. The van der Waals surface area contributed by atoms with Gasteiger partial charge in [-0.3, -0.25) is 4.79 Å². The summed E-state index contributed by atoms with van der Waals surface area (Å²) in [6, 6.07) is 19.4. The molecule has 0 fully saturated rings. The number of benzene rings is 3. The van der Waals surface area contributed by atoms with Gasteiger partial charge < -0.3 is 10.1 Å². The Bertz CT molecular complexity index is 1180. The number of para-hydroxylation sites is 2. The van der Waals surface area contributed by atoms with E-state index in [1.54, 1.807) is 35.7 Å². The van der Waals surface area contributed by atoms with Gasteiger partial charge in [-0.2, -0.15) is 0 Å². The molecule has 7 heteroatoms. The zero-order chi connectivity index (χ0) is 20.9. The van der Waals surface area contributed by atoms with Crippen molar-refractivity contribution in [2.45, 2.75) is 6.61 Å². The summed E-state index contributed by atoms with van der Waals surface area (Å²) in [6.07, 6.45) is 0. The van der Waals surface area contributed by atoms with Crippen LogP contribution in [0.15, 0.2) is 78.2 Å². The van der Waals surface area contributed by atoms with Crippen LogP contribution in [0.25, 0.3) is 10.6 Å². The highest BCUT2D eigenvalue weighted by Gasteiger charge is 2.16. The number of ether oxygens (including phenoxy) is 1. The zero-order valence-electron chi connectivity index (χ0n) is 15.6. The molecule has 4 nitrogen and oxygen atoms in total. The van der Waals surface area contributed by atoms with Crippen molar-refractivity contribution in [2.24, 2.45) is 0 Å². The van der Waals surface area contributed by atoms with Crippen molar-refractivity contribution < 1.29 is 18.3 Å². The monoisotopic (exact) mass is 422 g/mol. The van der Waals surface area contributed by atoms with Crippen LogP contribution in [-0.2, 0) is 6.61 Å². The molecule has 0 bridgehead atoms. The highest BCUT2D eigenvalue weighted by molar-refractivity contribution is 7.13. The fourth-order valence-corrected chi connectivity index (χ4v) is 3.59. The van der Waals surface area contributed by atoms with E-state index in [-0.39, 0.29) is 23.8 Å². The molecular formula is C23H16F2N2O2S. The number of rotatable bonds is 6. The van der Waals surface area contributed by atoms with Crippen molar-refractivity contribution in [3.05, 3.63) is 101 Å². The Hall–Kier alpha value is -3.58. The number of amides is 1. The summed E-state index contributed by atoms with van der Waals surface area (Å²) >= 11 is 1.29. The molecule has 1 aromatic heterocycles. The van der Waals surface area contributed by atoms with Crippen LogP contribution in [0.4, 0.5) is 14.5 Å². The summed E-state index contributed by atoms with van der Waals surface area (Å²) < 4.78 is 32.7. The van der Waals surface area contributed by atoms with Crippen LogP contribution in [0.3, 0.4) is 0 Å². The SMILES string of the molecule is O=C(Nc1ccccc1F)c1csc(-c2ccccc2OCc2ccc(F)cc2)n1. The second-order valence-corrected chi connectivity index (χ2v) is 7.24. The molecule has 0 unspecified atom stereocenters. The number of hydrogen-bond acceptors (Lipinski definition) is 4. The van der Waals surface area contributed by atoms with E-state index < -0.39 is 11.7 Å². The van der Waals surface area contributed by atoms with Crippen LogP contribution >= 0.6 is 11.3 Å². The maximum absolute atomic E-state index is 13.8. The first-order valence-corrected chi connectivity index (χ1v) is 9.96. The van der Waals surface area contributed by atoms with E-state index in [0.29, 0.717) is 10.8 Å². The minimum Gasteiger partial charge on any atom is -0.488 e. The van der Waals surface area contributed by atoms with Crippen molar-refractivity contribution >= 4 is 22.9 Å². The van der Waals surface area contributed by atoms with E-state index >= 15 is 0 Å². The van der Waals surface area contributed by atoms with Crippen molar-refractivity contribution in [3.8, 4) is 16.3 Å². The molecule has 4 aromatic rings. The largest absolute Gasteiger partial charge is 0.488 e. The zero-order valence-corrected chi connectivity index (χ0v) is 16.5. The van der Waals surface area contributed by atoms with Crippen molar-refractivity contribution in [1.82, 2.24) is 4.98 Å². The number of halogens is 2. The first-order valence-electron chi connectivity index (χ1n) is 9.08. The summed E-state index contributed by atoms with van der Waals surface area (Å²) in [4.78, 5) is 16.8. The van der Waals surface area contributed by atoms with Crippen LogP contribution in [0.2, 0.25) is 0 Å². The number of thiazole rings is 1. The second kappa shape index (κ2) is 8.84. The number of carbonyl (C=O) groups excluding carboxylic acids is 1. The van der Waals surface area contributed by atoms with Crippen LogP contribution in [0.5, 0.6) is 5.75 Å². The van der Waals surface area contributed by atoms with Gasteiger partial charge in [0, 0.05) is 5.38 Å². The van der Waals surface area contributed by atoms with E-state index in [1.807, 2.05) is 18.2 Å². The van der Waals surface area contributed by atoms with E-state index in [4.69, 9.17) is 4.74 Å². The fourth-order valence-electron chi connectivity index (χ4n) is 2.76. The molecule has 1 N–H and O–H groups in total. The predicted octanol–water partition coefficient (Wildman–Crippen LogP) is 5.92. The van der Waals surface area contributed by atoms with Gasteiger partial charge in [-0.25, -0.2) is 13.8 Å². The molecule has 3 aromatic carbocycles. The molecule has 0 saturated heterocycles. The smallest absolute Gasteiger partial charge is 0.275 e. The van der Waals surface area contributed by atoms with Gasteiger partial charge >= 0.3 is 0 Å². The van der Waals surface area contributed by atoms with Crippen LogP contribution in [0, 0.1) is 11.6 Å². The lowest BCUT2D eigenvalue weighted by Crippen LogP contribution is -2.13. The summed E-state index contributed by atoms with van der Waals surface area (Å²) in [5.41, 5.74) is 1.84. The Labute approximate surface area is 175 Å². The third-order valence-electron chi connectivity index (χ3n) is 4.28. The van der Waals surface area contributed by atoms with Crippen molar-refractivity contribution in [3.63, 3.8) is 0 Å². The molecule has 0 saturated carbocycles. The summed E-state index contributed by atoms with van der Waals surface area (Å²) in [7, 11) is 0. The number of aromatic nitrogens is 1. The topological polar surface area (TPSA) is 51.2 Å². The summed E-state index contributed by atoms with van der Waals surface area (Å²) in [5, 5.41) is 4.74. The highest BCUT2D eigenvalue weighted by Crippen LogP contribution is 2.33. The van der Waals surface area contributed by atoms with Crippen LogP contribution in [-0.4, -0.2) is 10.9 Å². The van der Waals surface area contributed by atoms with Gasteiger partial charge in [0.15, 0.2) is 0 Å². The van der Waals surface area contributed by atoms with Gasteiger partial charge in [-0.05, 0) is 42.0 Å². The molecule has 0 radical (unpaired) electrons. The minimum atomic E-state index is -0.513. The Balaban J connectivity index is 1.51. The van der Waals surface area contributed by atoms with E-state index in [1.165, 1.54) is 35.6 Å². The van der Waals surface area contributed by atoms with Gasteiger partial charge in [0.25, 0.3) is 5.91 Å². The number of anilines is 1. The van der Waals surface area contributed by atoms with Gasteiger partial charge in [0.2, 0.25) is 0 Å². The molecule has 0 atom stereocenters. The molecular weight excluding hydrogens is 406 g/mol. The quantitative estimate of drug-likeness (QED) is 0.420. The molecule has 30 heavy (non-hydrogen) atoms.